The summed E-state index contributed by atoms with van der Waals surface area (Å²) in [5.74, 6) is 5.68. The lowest BCUT2D eigenvalue weighted by Crippen LogP contribution is -2.28. The van der Waals surface area contributed by atoms with Gasteiger partial charge in [0, 0.05) is 17.1 Å². The molecule has 3 rings (SSSR count). The third kappa shape index (κ3) is 3.29. The molecule has 0 radical (unpaired) electrons. The zero-order chi connectivity index (χ0) is 14.7. The molecule has 0 amide bonds. The third-order valence-corrected chi connectivity index (χ3v) is 4.73. The largest absolute Gasteiger partial charge is 0.384 e. The van der Waals surface area contributed by atoms with E-state index in [1.165, 1.54) is 34.5 Å². The van der Waals surface area contributed by atoms with Crippen molar-refractivity contribution in [2.45, 2.75) is 26.3 Å². The highest BCUT2D eigenvalue weighted by Crippen LogP contribution is 2.30. The number of nitrogens with zero attached hydrogens (tertiary/aromatic N) is 1. The first kappa shape index (κ1) is 14.2. The fraction of sp³-hybridized carbons (Fsp3) is 0.333. The first-order valence-electron chi connectivity index (χ1n) is 7.29. The normalized spacial score (nSPS) is 13.5. The lowest BCUT2D eigenvalue weighted by Gasteiger charge is -2.31. The van der Waals surface area contributed by atoms with E-state index >= 15 is 0 Å². The Labute approximate surface area is 130 Å². The number of benzene rings is 1. The maximum atomic E-state index is 8.75. The molecule has 0 aliphatic carbocycles. The number of hydrogen-bond acceptors (Lipinski definition) is 3. The molecule has 3 heteroatoms. The van der Waals surface area contributed by atoms with Gasteiger partial charge in [0.05, 0.1) is 11.4 Å². The summed E-state index contributed by atoms with van der Waals surface area (Å²) in [6.45, 7) is 4.14. The molecule has 1 aromatic carbocycles. The predicted molar refractivity (Wildman–Crippen MR) is 88.8 cm³/mol. The molecule has 1 aromatic heterocycles. The molecule has 2 nitrogen and oxygen atoms in total. The second-order valence-corrected chi connectivity index (χ2v) is 6.55. The molecule has 1 N–H and O–H groups in total. The van der Waals surface area contributed by atoms with Crippen LogP contribution in [0.1, 0.15) is 27.3 Å². The monoisotopic (exact) mass is 297 g/mol. The van der Waals surface area contributed by atoms with E-state index < -0.39 is 0 Å². The van der Waals surface area contributed by atoms with E-state index in [-0.39, 0.29) is 6.61 Å². The Morgan fingerprint density at radius 3 is 3.05 bits per heavy atom. The summed E-state index contributed by atoms with van der Waals surface area (Å²) in [7, 11) is 0. The van der Waals surface area contributed by atoms with Crippen molar-refractivity contribution in [3.8, 4) is 11.8 Å². The van der Waals surface area contributed by atoms with Gasteiger partial charge in [0.25, 0.3) is 0 Å². The standard InChI is InChI=1S/C18H19NOS/c1-14-6-9-18-15(12-14)4-2-10-19(18)13-17-8-7-16(21-17)5-3-11-20/h6-9,12,20H,2,4,10-11,13H2,1H3. The van der Waals surface area contributed by atoms with E-state index in [9.17, 15) is 0 Å². The van der Waals surface area contributed by atoms with Crippen LogP contribution in [0.5, 0.6) is 0 Å². The number of aliphatic hydroxyl groups excluding tert-OH is 1. The summed E-state index contributed by atoms with van der Waals surface area (Å²) >= 11 is 1.72. The van der Waals surface area contributed by atoms with Crippen LogP contribution in [0.4, 0.5) is 5.69 Å². The predicted octanol–water partition coefficient (Wildman–Crippen LogP) is 3.35. The Morgan fingerprint density at radius 2 is 2.19 bits per heavy atom. The first-order chi connectivity index (χ1) is 10.3. The molecule has 0 fully saturated rings. The van der Waals surface area contributed by atoms with Crippen molar-refractivity contribution < 1.29 is 5.11 Å². The molecule has 2 aromatic rings. The van der Waals surface area contributed by atoms with Gasteiger partial charge in [-0.2, -0.15) is 0 Å². The fourth-order valence-electron chi connectivity index (χ4n) is 2.81. The molecule has 0 atom stereocenters. The lowest BCUT2D eigenvalue weighted by atomic mass is 9.99. The number of hydrogen-bond donors (Lipinski definition) is 1. The number of anilines is 1. The van der Waals surface area contributed by atoms with Crippen molar-refractivity contribution >= 4 is 17.0 Å². The van der Waals surface area contributed by atoms with E-state index in [0.29, 0.717) is 0 Å². The zero-order valence-corrected chi connectivity index (χ0v) is 13.0. The molecule has 1 aliphatic heterocycles. The van der Waals surface area contributed by atoms with Gasteiger partial charge in [-0.3, -0.25) is 0 Å². The van der Waals surface area contributed by atoms with Crippen molar-refractivity contribution in [2.24, 2.45) is 0 Å². The molecule has 108 valence electrons. The Bertz CT molecular complexity index is 693. The molecule has 1 aliphatic rings. The van der Waals surface area contributed by atoms with Crippen LogP contribution in [-0.2, 0) is 13.0 Å². The molecule has 0 spiro atoms. The van der Waals surface area contributed by atoms with Crippen LogP contribution >= 0.6 is 11.3 Å². The van der Waals surface area contributed by atoms with E-state index in [1.807, 2.05) is 6.07 Å². The van der Waals surface area contributed by atoms with Crippen LogP contribution in [0, 0.1) is 18.8 Å². The lowest BCUT2D eigenvalue weighted by molar-refractivity contribution is 0.350. The molecule has 21 heavy (non-hydrogen) atoms. The Morgan fingerprint density at radius 1 is 1.29 bits per heavy atom. The van der Waals surface area contributed by atoms with Gasteiger partial charge in [-0.05, 0) is 43.5 Å². The minimum absolute atomic E-state index is 0.0773. The number of aryl methyl sites for hydroxylation is 2. The van der Waals surface area contributed by atoms with Gasteiger partial charge >= 0.3 is 0 Å². The summed E-state index contributed by atoms with van der Waals surface area (Å²) in [5.41, 5.74) is 4.19. The van der Waals surface area contributed by atoms with Gasteiger partial charge in [-0.25, -0.2) is 0 Å². The van der Waals surface area contributed by atoms with E-state index in [4.69, 9.17) is 5.11 Å². The van der Waals surface area contributed by atoms with Gasteiger partial charge in [0.1, 0.15) is 6.61 Å². The highest BCUT2D eigenvalue weighted by molar-refractivity contribution is 7.12. The fourth-order valence-corrected chi connectivity index (χ4v) is 3.71. The van der Waals surface area contributed by atoms with Crippen molar-refractivity contribution in [3.63, 3.8) is 0 Å². The summed E-state index contributed by atoms with van der Waals surface area (Å²) < 4.78 is 0. The van der Waals surface area contributed by atoms with Crippen molar-refractivity contribution in [1.82, 2.24) is 0 Å². The van der Waals surface area contributed by atoms with Crippen LogP contribution in [0.2, 0.25) is 0 Å². The van der Waals surface area contributed by atoms with Crippen LogP contribution in [0.3, 0.4) is 0 Å². The minimum Gasteiger partial charge on any atom is -0.384 e. The Hall–Kier alpha value is -1.76. The van der Waals surface area contributed by atoms with Gasteiger partial charge in [-0.1, -0.05) is 29.5 Å². The maximum Gasteiger partial charge on any atom is 0.104 e. The zero-order valence-electron chi connectivity index (χ0n) is 12.2. The molecule has 2 heterocycles. The number of rotatable bonds is 2. The molecular weight excluding hydrogens is 278 g/mol. The SMILES string of the molecule is Cc1ccc2c(c1)CCCN2Cc1ccc(C#CCO)s1. The van der Waals surface area contributed by atoms with Gasteiger partial charge in [-0.15, -0.1) is 11.3 Å². The average molecular weight is 297 g/mol. The van der Waals surface area contributed by atoms with Crippen molar-refractivity contribution in [1.29, 1.82) is 0 Å². The minimum atomic E-state index is -0.0773. The highest BCUT2D eigenvalue weighted by atomic mass is 32.1. The van der Waals surface area contributed by atoms with Crippen LogP contribution in [-0.4, -0.2) is 18.3 Å². The Kier molecular flexibility index (Phi) is 4.28. The highest BCUT2D eigenvalue weighted by Gasteiger charge is 2.17. The molecule has 0 unspecified atom stereocenters. The summed E-state index contributed by atoms with van der Waals surface area (Å²) in [6, 6.07) is 11.0. The quantitative estimate of drug-likeness (QED) is 0.859. The number of fused-ring (bicyclic) bond motifs is 1. The third-order valence-electron chi connectivity index (χ3n) is 3.75. The summed E-state index contributed by atoms with van der Waals surface area (Å²) in [4.78, 5) is 4.82. The molecule has 0 saturated heterocycles. The van der Waals surface area contributed by atoms with Crippen LogP contribution in [0.15, 0.2) is 30.3 Å². The van der Waals surface area contributed by atoms with Crippen molar-refractivity contribution in [2.75, 3.05) is 18.1 Å². The Balaban J connectivity index is 1.79. The second kappa shape index (κ2) is 6.34. The van der Waals surface area contributed by atoms with Gasteiger partial charge < -0.3 is 10.0 Å². The molecule has 0 bridgehead atoms. The number of thiophene rings is 1. The smallest absolute Gasteiger partial charge is 0.104 e. The van der Waals surface area contributed by atoms with Crippen LogP contribution < -0.4 is 4.90 Å². The maximum absolute atomic E-state index is 8.75. The van der Waals surface area contributed by atoms with Gasteiger partial charge in [0.15, 0.2) is 0 Å². The second-order valence-electron chi connectivity index (χ2n) is 5.38. The van der Waals surface area contributed by atoms with E-state index in [2.05, 4.69) is 47.9 Å². The topological polar surface area (TPSA) is 23.5 Å². The van der Waals surface area contributed by atoms with Crippen molar-refractivity contribution in [3.05, 3.63) is 51.2 Å². The van der Waals surface area contributed by atoms with E-state index in [1.54, 1.807) is 11.3 Å². The summed E-state index contributed by atoms with van der Waals surface area (Å²) in [5, 5.41) is 8.75. The first-order valence-corrected chi connectivity index (χ1v) is 8.11. The molecule has 0 saturated carbocycles. The van der Waals surface area contributed by atoms with Gasteiger partial charge in [0.2, 0.25) is 0 Å². The van der Waals surface area contributed by atoms with Crippen LogP contribution in [0.25, 0.3) is 0 Å². The van der Waals surface area contributed by atoms with E-state index in [0.717, 1.165) is 18.0 Å². The molecular formula is C18H19NOS. The average Bonchev–Trinajstić information content (AvgIpc) is 2.92. The number of aliphatic hydroxyl groups is 1. The summed E-state index contributed by atoms with van der Waals surface area (Å²) in [6.07, 6.45) is 2.41.